The van der Waals surface area contributed by atoms with Gasteiger partial charge in [0.25, 0.3) is 0 Å². The van der Waals surface area contributed by atoms with Gasteiger partial charge < -0.3 is 5.73 Å². The minimum atomic E-state index is 0.0464. The summed E-state index contributed by atoms with van der Waals surface area (Å²) in [6, 6.07) is 10.4. The zero-order chi connectivity index (χ0) is 11.8. The fourth-order valence-corrected chi connectivity index (χ4v) is 1.93. The summed E-state index contributed by atoms with van der Waals surface area (Å²) in [7, 11) is 0. The summed E-state index contributed by atoms with van der Waals surface area (Å²) in [5.41, 5.74) is 7.83. The maximum atomic E-state index is 5.69. The van der Waals surface area contributed by atoms with E-state index in [9.17, 15) is 0 Å². The van der Waals surface area contributed by atoms with E-state index >= 15 is 0 Å². The highest BCUT2D eigenvalue weighted by atomic mass is 14.8. The van der Waals surface area contributed by atoms with Gasteiger partial charge in [-0.2, -0.15) is 0 Å². The molecule has 0 saturated carbocycles. The van der Waals surface area contributed by atoms with Gasteiger partial charge in [-0.15, -0.1) is 0 Å². The Morgan fingerprint density at radius 3 is 2.50 bits per heavy atom. The first kappa shape index (κ1) is 11.1. The van der Waals surface area contributed by atoms with E-state index in [1.165, 1.54) is 10.8 Å². The average Bonchev–Trinajstić information content (AvgIpc) is 2.26. The van der Waals surface area contributed by atoms with Gasteiger partial charge in [0, 0.05) is 17.3 Å². The third kappa shape index (κ3) is 1.93. The number of pyridine rings is 1. The molecule has 1 heterocycles. The monoisotopic (exact) mass is 214 g/mol. The Labute approximate surface area is 96.5 Å². The van der Waals surface area contributed by atoms with Crippen LogP contribution in [0.15, 0.2) is 30.3 Å². The van der Waals surface area contributed by atoms with Crippen molar-refractivity contribution in [2.75, 3.05) is 0 Å². The van der Waals surface area contributed by atoms with Crippen LogP contribution in [0, 0.1) is 0 Å². The third-order valence-corrected chi connectivity index (χ3v) is 2.71. The summed E-state index contributed by atoms with van der Waals surface area (Å²) >= 11 is 0. The fourth-order valence-electron chi connectivity index (χ4n) is 1.93. The highest BCUT2D eigenvalue weighted by Gasteiger charge is 2.19. The predicted octanol–water partition coefficient (Wildman–Crippen LogP) is 2.99. The van der Waals surface area contributed by atoms with Gasteiger partial charge in [0.15, 0.2) is 0 Å². The minimum absolute atomic E-state index is 0.0464. The number of nitrogens with zero attached hydrogens (tertiary/aromatic N) is 1. The van der Waals surface area contributed by atoms with Gasteiger partial charge in [0.1, 0.15) is 0 Å². The van der Waals surface area contributed by atoms with Crippen molar-refractivity contribution < 1.29 is 0 Å². The standard InChI is InChI=1S/C14H18N2/c1-14(2,3)13-12-7-5-4-6-10(12)8-11(9-15)16-13/h4-8H,9,15H2,1-3H3. The molecule has 2 heteroatoms. The molecule has 1 aromatic heterocycles. The van der Waals surface area contributed by atoms with Crippen LogP contribution in [-0.2, 0) is 12.0 Å². The molecule has 0 bridgehead atoms. The Hall–Kier alpha value is -1.41. The highest BCUT2D eigenvalue weighted by molar-refractivity contribution is 5.85. The number of benzene rings is 1. The van der Waals surface area contributed by atoms with Crippen molar-refractivity contribution in [1.82, 2.24) is 4.98 Å². The molecular formula is C14H18N2. The Morgan fingerprint density at radius 1 is 1.19 bits per heavy atom. The first-order valence-electron chi connectivity index (χ1n) is 5.61. The predicted molar refractivity (Wildman–Crippen MR) is 68.3 cm³/mol. The molecule has 0 aliphatic rings. The van der Waals surface area contributed by atoms with Crippen LogP contribution in [0.3, 0.4) is 0 Å². The van der Waals surface area contributed by atoms with E-state index in [0.29, 0.717) is 6.54 Å². The van der Waals surface area contributed by atoms with Crippen LogP contribution in [0.1, 0.15) is 32.2 Å². The second kappa shape index (κ2) is 3.87. The van der Waals surface area contributed by atoms with Crippen LogP contribution >= 0.6 is 0 Å². The molecule has 16 heavy (non-hydrogen) atoms. The maximum absolute atomic E-state index is 5.69. The van der Waals surface area contributed by atoms with Crippen molar-refractivity contribution in [2.24, 2.45) is 5.73 Å². The lowest BCUT2D eigenvalue weighted by Crippen LogP contribution is -2.16. The maximum Gasteiger partial charge on any atom is 0.0549 e. The molecule has 2 nitrogen and oxygen atoms in total. The van der Waals surface area contributed by atoms with Crippen LogP contribution in [0.5, 0.6) is 0 Å². The summed E-state index contributed by atoms with van der Waals surface area (Å²) in [6.45, 7) is 7.04. The Morgan fingerprint density at radius 2 is 1.88 bits per heavy atom. The van der Waals surface area contributed by atoms with Gasteiger partial charge in [-0.3, -0.25) is 4.98 Å². The van der Waals surface area contributed by atoms with Crippen LogP contribution in [-0.4, -0.2) is 4.98 Å². The van der Waals surface area contributed by atoms with Crippen LogP contribution in [0.4, 0.5) is 0 Å². The molecule has 0 amide bonds. The lowest BCUT2D eigenvalue weighted by atomic mass is 9.88. The van der Waals surface area contributed by atoms with Gasteiger partial charge in [-0.25, -0.2) is 0 Å². The molecule has 1 aromatic carbocycles. The van der Waals surface area contributed by atoms with Gasteiger partial charge >= 0.3 is 0 Å². The van der Waals surface area contributed by atoms with Crippen molar-refractivity contribution in [2.45, 2.75) is 32.7 Å². The van der Waals surface area contributed by atoms with Crippen molar-refractivity contribution in [3.05, 3.63) is 41.7 Å². The SMILES string of the molecule is CC(C)(C)c1nc(CN)cc2ccccc12. The molecule has 0 aliphatic heterocycles. The summed E-state index contributed by atoms with van der Waals surface area (Å²) in [5.74, 6) is 0. The second-order valence-corrected chi connectivity index (χ2v) is 5.14. The molecule has 0 fully saturated rings. The van der Waals surface area contributed by atoms with Gasteiger partial charge in [0.2, 0.25) is 0 Å². The molecule has 0 radical (unpaired) electrons. The molecule has 2 aromatic rings. The smallest absolute Gasteiger partial charge is 0.0549 e. The Kier molecular flexibility index (Phi) is 2.68. The third-order valence-electron chi connectivity index (χ3n) is 2.71. The lowest BCUT2D eigenvalue weighted by Gasteiger charge is -2.21. The van der Waals surface area contributed by atoms with Gasteiger partial charge in [-0.05, 0) is 11.5 Å². The Balaban J connectivity index is 2.79. The van der Waals surface area contributed by atoms with Crippen LogP contribution < -0.4 is 5.73 Å². The highest BCUT2D eigenvalue weighted by Crippen LogP contribution is 2.28. The first-order valence-corrected chi connectivity index (χ1v) is 5.61. The molecule has 0 unspecified atom stereocenters. The van der Waals surface area contributed by atoms with E-state index in [0.717, 1.165) is 11.4 Å². The summed E-state index contributed by atoms with van der Waals surface area (Å²) in [5, 5.41) is 2.45. The van der Waals surface area contributed by atoms with E-state index in [1.54, 1.807) is 0 Å². The van der Waals surface area contributed by atoms with Crippen molar-refractivity contribution >= 4 is 10.8 Å². The van der Waals surface area contributed by atoms with Gasteiger partial charge in [-0.1, -0.05) is 45.0 Å². The van der Waals surface area contributed by atoms with Crippen molar-refractivity contribution in [3.8, 4) is 0 Å². The van der Waals surface area contributed by atoms with E-state index in [4.69, 9.17) is 5.73 Å². The van der Waals surface area contributed by atoms with Crippen molar-refractivity contribution in [3.63, 3.8) is 0 Å². The molecule has 0 spiro atoms. The normalized spacial score (nSPS) is 12.0. The molecule has 2 N–H and O–H groups in total. The lowest BCUT2D eigenvalue weighted by molar-refractivity contribution is 0.572. The zero-order valence-corrected chi connectivity index (χ0v) is 10.1. The summed E-state index contributed by atoms with van der Waals surface area (Å²) in [6.07, 6.45) is 0. The number of aromatic nitrogens is 1. The van der Waals surface area contributed by atoms with Crippen LogP contribution in [0.25, 0.3) is 10.8 Å². The topological polar surface area (TPSA) is 38.9 Å². The summed E-state index contributed by atoms with van der Waals surface area (Å²) < 4.78 is 0. The average molecular weight is 214 g/mol. The summed E-state index contributed by atoms with van der Waals surface area (Å²) in [4.78, 5) is 4.67. The zero-order valence-electron chi connectivity index (χ0n) is 10.1. The van der Waals surface area contributed by atoms with Crippen molar-refractivity contribution in [1.29, 1.82) is 0 Å². The molecule has 84 valence electrons. The number of hydrogen-bond donors (Lipinski definition) is 1. The molecule has 0 atom stereocenters. The van der Waals surface area contributed by atoms with E-state index in [-0.39, 0.29) is 5.41 Å². The van der Waals surface area contributed by atoms with E-state index in [1.807, 2.05) is 0 Å². The van der Waals surface area contributed by atoms with E-state index < -0.39 is 0 Å². The number of hydrogen-bond acceptors (Lipinski definition) is 2. The molecule has 0 aliphatic carbocycles. The number of fused-ring (bicyclic) bond motifs is 1. The number of nitrogens with two attached hydrogens (primary N) is 1. The first-order chi connectivity index (χ1) is 7.52. The van der Waals surface area contributed by atoms with Gasteiger partial charge in [0.05, 0.1) is 11.4 Å². The number of rotatable bonds is 1. The van der Waals surface area contributed by atoms with E-state index in [2.05, 4.69) is 56.1 Å². The molecule has 2 rings (SSSR count). The fraction of sp³-hybridized carbons (Fsp3) is 0.357. The minimum Gasteiger partial charge on any atom is -0.325 e. The molecule has 0 saturated heterocycles. The second-order valence-electron chi connectivity index (χ2n) is 5.14. The Bertz CT molecular complexity index is 510. The largest absolute Gasteiger partial charge is 0.325 e. The van der Waals surface area contributed by atoms with Crippen LogP contribution in [0.2, 0.25) is 0 Å². The quantitative estimate of drug-likeness (QED) is 0.792. The molecular weight excluding hydrogens is 196 g/mol.